The van der Waals surface area contributed by atoms with Crippen molar-refractivity contribution in [1.82, 2.24) is 10.1 Å². The molecule has 3 heteroatoms. The van der Waals surface area contributed by atoms with Gasteiger partial charge in [-0.15, -0.1) is 0 Å². The van der Waals surface area contributed by atoms with Crippen molar-refractivity contribution in [2.45, 2.75) is 57.8 Å². The molecule has 1 aromatic heterocycles. The van der Waals surface area contributed by atoms with Crippen LogP contribution in [0.15, 0.2) is 4.52 Å². The lowest BCUT2D eigenvalue weighted by Gasteiger charge is -2.10. The van der Waals surface area contributed by atoms with Crippen LogP contribution in [0, 0.1) is 11.8 Å². The highest BCUT2D eigenvalue weighted by molar-refractivity contribution is 5.15. The van der Waals surface area contributed by atoms with Gasteiger partial charge >= 0.3 is 0 Å². The summed E-state index contributed by atoms with van der Waals surface area (Å²) in [5.74, 6) is 4.04. The van der Waals surface area contributed by atoms with Gasteiger partial charge in [0.15, 0.2) is 5.82 Å². The van der Waals surface area contributed by atoms with E-state index in [4.69, 9.17) is 4.52 Å². The molecule has 0 bridgehead atoms. The van der Waals surface area contributed by atoms with Gasteiger partial charge in [-0.2, -0.15) is 4.98 Å². The van der Waals surface area contributed by atoms with Crippen LogP contribution in [0.4, 0.5) is 0 Å². The van der Waals surface area contributed by atoms with Crippen LogP contribution in [-0.2, 0) is 5.41 Å². The van der Waals surface area contributed by atoms with Crippen LogP contribution in [0.2, 0.25) is 0 Å². The van der Waals surface area contributed by atoms with Gasteiger partial charge in [0, 0.05) is 11.3 Å². The van der Waals surface area contributed by atoms with Crippen LogP contribution < -0.4 is 0 Å². The lowest BCUT2D eigenvalue weighted by molar-refractivity contribution is 0.358. The minimum absolute atomic E-state index is 0.00180. The van der Waals surface area contributed by atoms with Gasteiger partial charge < -0.3 is 4.52 Å². The van der Waals surface area contributed by atoms with Crippen molar-refractivity contribution in [1.29, 1.82) is 0 Å². The highest BCUT2D eigenvalue weighted by Gasteiger charge is 2.54. The van der Waals surface area contributed by atoms with Gasteiger partial charge in [-0.1, -0.05) is 38.8 Å². The average molecular weight is 220 g/mol. The molecule has 3 rings (SSSR count). The molecule has 88 valence electrons. The molecule has 3 nitrogen and oxygen atoms in total. The van der Waals surface area contributed by atoms with E-state index in [2.05, 4.69) is 30.9 Å². The Morgan fingerprint density at radius 1 is 1.12 bits per heavy atom. The molecule has 0 radical (unpaired) electrons. The Morgan fingerprint density at radius 3 is 2.25 bits per heavy atom. The summed E-state index contributed by atoms with van der Waals surface area (Å²) < 4.78 is 5.45. The quantitative estimate of drug-likeness (QED) is 0.729. The van der Waals surface area contributed by atoms with E-state index in [-0.39, 0.29) is 5.41 Å². The zero-order valence-electron chi connectivity index (χ0n) is 10.4. The molecule has 0 N–H and O–H groups in total. The Kier molecular flexibility index (Phi) is 2.13. The molecule has 1 heterocycles. The van der Waals surface area contributed by atoms with E-state index in [1.54, 1.807) is 0 Å². The highest BCUT2D eigenvalue weighted by Crippen LogP contribution is 2.60. The Bertz CT molecular complexity index is 379. The molecule has 0 unspecified atom stereocenters. The van der Waals surface area contributed by atoms with Crippen molar-refractivity contribution in [2.24, 2.45) is 11.8 Å². The fourth-order valence-electron chi connectivity index (χ4n) is 3.03. The van der Waals surface area contributed by atoms with Crippen molar-refractivity contribution >= 4 is 0 Å². The van der Waals surface area contributed by atoms with Crippen LogP contribution >= 0.6 is 0 Å². The minimum Gasteiger partial charge on any atom is -0.339 e. The third-order valence-electron chi connectivity index (χ3n) is 4.05. The first-order valence-corrected chi connectivity index (χ1v) is 6.41. The van der Waals surface area contributed by atoms with E-state index in [1.807, 2.05) is 0 Å². The van der Waals surface area contributed by atoms with Gasteiger partial charge in [0.2, 0.25) is 5.89 Å². The topological polar surface area (TPSA) is 38.9 Å². The van der Waals surface area contributed by atoms with Gasteiger partial charge in [0.25, 0.3) is 0 Å². The lowest BCUT2D eigenvalue weighted by Crippen LogP contribution is -2.13. The van der Waals surface area contributed by atoms with Crippen LogP contribution in [0.5, 0.6) is 0 Å². The van der Waals surface area contributed by atoms with Crippen molar-refractivity contribution in [2.75, 3.05) is 0 Å². The van der Waals surface area contributed by atoms with Crippen LogP contribution in [0.3, 0.4) is 0 Å². The molecule has 0 saturated heterocycles. The molecule has 2 aliphatic rings. The maximum atomic E-state index is 5.45. The smallest absolute Gasteiger partial charge is 0.230 e. The fraction of sp³-hybridized carbons (Fsp3) is 0.846. The van der Waals surface area contributed by atoms with Crippen molar-refractivity contribution in [3.63, 3.8) is 0 Å². The second-order valence-corrected chi connectivity index (χ2v) is 6.34. The molecule has 2 atom stereocenters. The predicted molar refractivity (Wildman–Crippen MR) is 61.2 cm³/mol. The van der Waals surface area contributed by atoms with E-state index in [9.17, 15) is 0 Å². The summed E-state index contributed by atoms with van der Waals surface area (Å²) in [6.45, 7) is 6.38. The number of hydrogen-bond acceptors (Lipinski definition) is 3. The van der Waals surface area contributed by atoms with E-state index in [0.29, 0.717) is 5.92 Å². The van der Waals surface area contributed by atoms with Gasteiger partial charge in [-0.25, -0.2) is 0 Å². The van der Waals surface area contributed by atoms with E-state index < -0.39 is 0 Å². The average Bonchev–Trinajstić information content (AvgIpc) is 2.72. The standard InChI is InChI=1S/C13H20N2O/c1-13(2,3)12-14-11(16-15-12)10-8-6-4-5-7-9(8)10/h8-10H,4-7H2,1-3H3/t8-,9-/m1/s1. The van der Waals surface area contributed by atoms with Gasteiger partial charge in [0.1, 0.15) is 0 Å². The van der Waals surface area contributed by atoms with Crippen LogP contribution in [0.1, 0.15) is 64.1 Å². The van der Waals surface area contributed by atoms with Crippen LogP contribution in [0.25, 0.3) is 0 Å². The Hall–Kier alpha value is -0.860. The monoisotopic (exact) mass is 220 g/mol. The molecule has 2 saturated carbocycles. The second-order valence-electron chi connectivity index (χ2n) is 6.34. The minimum atomic E-state index is 0.00180. The first kappa shape index (κ1) is 10.3. The molecule has 0 aromatic carbocycles. The number of rotatable bonds is 1. The summed E-state index contributed by atoms with van der Waals surface area (Å²) in [4.78, 5) is 4.59. The SMILES string of the molecule is CC(C)(C)c1noc(C2[C@@H]3CCCC[C@@H]23)n1. The normalized spacial score (nSPS) is 33.6. The lowest BCUT2D eigenvalue weighted by atomic mass is 9.96. The third-order valence-corrected chi connectivity index (χ3v) is 4.05. The van der Waals surface area contributed by atoms with Gasteiger partial charge in [-0.05, 0) is 24.7 Å². The molecule has 0 aliphatic heterocycles. The number of fused-ring (bicyclic) bond motifs is 1. The molecule has 16 heavy (non-hydrogen) atoms. The summed E-state index contributed by atoms with van der Waals surface area (Å²) in [5, 5.41) is 4.12. The predicted octanol–water partition coefficient (Wildman–Crippen LogP) is 3.27. The first-order valence-electron chi connectivity index (χ1n) is 6.41. The summed E-state index contributed by atoms with van der Waals surface area (Å²) in [6, 6.07) is 0. The van der Waals surface area contributed by atoms with E-state index in [1.165, 1.54) is 25.7 Å². The second kappa shape index (κ2) is 3.31. The van der Waals surface area contributed by atoms with Gasteiger partial charge in [-0.3, -0.25) is 0 Å². The Morgan fingerprint density at radius 2 is 1.75 bits per heavy atom. The zero-order chi connectivity index (χ0) is 11.3. The summed E-state index contributed by atoms with van der Waals surface area (Å²) >= 11 is 0. The van der Waals surface area contributed by atoms with Crippen molar-refractivity contribution in [3.8, 4) is 0 Å². The summed E-state index contributed by atoms with van der Waals surface area (Å²) in [7, 11) is 0. The Balaban J connectivity index is 1.79. The van der Waals surface area contributed by atoms with Crippen molar-refractivity contribution < 1.29 is 4.52 Å². The molecular formula is C13H20N2O. The number of hydrogen-bond donors (Lipinski definition) is 0. The molecule has 2 fully saturated rings. The number of nitrogens with zero attached hydrogens (tertiary/aromatic N) is 2. The fourth-order valence-corrected chi connectivity index (χ4v) is 3.03. The summed E-state index contributed by atoms with van der Waals surface area (Å²) in [6.07, 6.45) is 5.50. The molecule has 0 spiro atoms. The van der Waals surface area contributed by atoms with E-state index in [0.717, 1.165) is 23.6 Å². The zero-order valence-corrected chi connectivity index (χ0v) is 10.4. The molecule has 0 amide bonds. The van der Waals surface area contributed by atoms with Gasteiger partial charge in [0.05, 0.1) is 0 Å². The Labute approximate surface area is 96.6 Å². The maximum Gasteiger partial charge on any atom is 0.230 e. The van der Waals surface area contributed by atoms with Crippen LogP contribution in [-0.4, -0.2) is 10.1 Å². The summed E-state index contributed by atoms with van der Waals surface area (Å²) in [5.41, 5.74) is 0.00180. The molecule has 1 aromatic rings. The first-order chi connectivity index (χ1) is 7.57. The largest absolute Gasteiger partial charge is 0.339 e. The molecular weight excluding hydrogens is 200 g/mol. The number of aromatic nitrogens is 2. The highest BCUT2D eigenvalue weighted by atomic mass is 16.5. The molecule has 2 aliphatic carbocycles. The van der Waals surface area contributed by atoms with E-state index >= 15 is 0 Å². The van der Waals surface area contributed by atoms with Crippen molar-refractivity contribution in [3.05, 3.63) is 11.7 Å². The third kappa shape index (κ3) is 1.57. The maximum absolute atomic E-state index is 5.45.